The number of halogens is 1. The highest BCUT2D eigenvalue weighted by atomic mass is 79.9. The van der Waals surface area contributed by atoms with Gasteiger partial charge in [0.25, 0.3) is 0 Å². The molecule has 0 heterocycles. The number of nitrogens with zero attached hydrogens (tertiary/aromatic N) is 1. The van der Waals surface area contributed by atoms with Gasteiger partial charge in [-0.15, -0.1) is 0 Å². The van der Waals surface area contributed by atoms with Crippen LogP contribution in [0, 0.1) is 0 Å². The summed E-state index contributed by atoms with van der Waals surface area (Å²) in [6.07, 6.45) is 0. The minimum atomic E-state index is -0.397. The Morgan fingerprint density at radius 3 is 2.42 bits per heavy atom. The molecule has 0 fully saturated rings. The van der Waals surface area contributed by atoms with Crippen molar-refractivity contribution in [2.45, 2.75) is 6.92 Å². The van der Waals surface area contributed by atoms with E-state index >= 15 is 0 Å². The lowest BCUT2D eigenvalue weighted by molar-refractivity contribution is -0.146. The lowest BCUT2D eigenvalue weighted by atomic mass is 10.4. The number of carbonyl (C=O) groups excluding carboxylic acids is 2. The second-order valence-electron chi connectivity index (χ2n) is 2.12. The van der Waals surface area contributed by atoms with Crippen LogP contribution in [0.25, 0.3) is 0 Å². The molecular formula is C7H12BrNO3. The van der Waals surface area contributed by atoms with Crippen LogP contribution < -0.4 is 0 Å². The summed E-state index contributed by atoms with van der Waals surface area (Å²) < 4.78 is 4.43. The lowest BCUT2D eigenvalue weighted by Gasteiger charge is -2.17. The van der Waals surface area contributed by atoms with Crippen molar-refractivity contribution < 1.29 is 14.3 Å². The van der Waals surface area contributed by atoms with Crippen LogP contribution in [0.15, 0.2) is 0 Å². The minimum Gasteiger partial charge on any atom is -0.468 e. The minimum absolute atomic E-state index is 0.0252. The molecule has 0 aromatic rings. The fourth-order valence-electron chi connectivity index (χ4n) is 0.681. The van der Waals surface area contributed by atoms with Crippen molar-refractivity contribution in [2.24, 2.45) is 0 Å². The Balaban J connectivity index is 3.99. The average Bonchev–Trinajstić information content (AvgIpc) is 2.12. The number of carbonyl (C=O) groups is 2. The predicted molar refractivity (Wildman–Crippen MR) is 48.1 cm³/mol. The third-order valence-electron chi connectivity index (χ3n) is 1.40. The summed E-state index contributed by atoms with van der Waals surface area (Å²) in [7, 11) is 1.30. The van der Waals surface area contributed by atoms with Crippen LogP contribution in [0.3, 0.4) is 0 Å². The standard InChI is InChI=1S/C7H12BrNO3/c1-3-9(6(10)4-8)5-7(11)12-2/h3-5H2,1-2H3. The van der Waals surface area contributed by atoms with Crippen molar-refractivity contribution in [3.63, 3.8) is 0 Å². The summed E-state index contributed by atoms with van der Waals surface area (Å²) in [5, 5.41) is 0.234. The third-order valence-corrected chi connectivity index (χ3v) is 1.88. The zero-order chi connectivity index (χ0) is 9.56. The summed E-state index contributed by atoms with van der Waals surface area (Å²) in [6, 6.07) is 0. The number of ether oxygens (including phenoxy) is 1. The van der Waals surface area contributed by atoms with Gasteiger partial charge >= 0.3 is 5.97 Å². The fourth-order valence-corrected chi connectivity index (χ4v) is 1.04. The smallest absolute Gasteiger partial charge is 0.325 e. The van der Waals surface area contributed by atoms with Crippen LogP contribution in [0.5, 0.6) is 0 Å². The zero-order valence-electron chi connectivity index (χ0n) is 7.17. The Morgan fingerprint density at radius 2 is 2.08 bits per heavy atom. The van der Waals surface area contributed by atoms with Gasteiger partial charge < -0.3 is 9.64 Å². The number of alkyl halides is 1. The number of hydrogen-bond acceptors (Lipinski definition) is 3. The first kappa shape index (κ1) is 11.4. The van der Waals surface area contributed by atoms with Gasteiger partial charge in [-0.3, -0.25) is 9.59 Å². The van der Waals surface area contributed by atoms with Gasteiger partial charge in [0.2, 0.25) is 5.91 Å². The van der Waals surface area contributed by atoms with Crippen LogP contribution in [0.2, 0.25) is 0 Å². The van der Waals surface area contributed by atoms with Gasteiger partial charge in [0.05, 0.1) is 12.4 Å². The summed E-state index contributed by atoms with van der Waals surface area (Å²) in [4.78, 5) is 23.3. The number of likely N-dealkylation sites (N-methyl/N-ethyl adjacent to an activating group) is 1. The number of esters is 1. The predicted octanol–water partition coefficient (Wildman–Crippen LogP) is 0.403. The van der Waals surface area contributed by atoms with Crippen molar-refractivity contribution >= 4 is 27.8 Å². The maximum Gasteiger partial charge on any atom is 0.325 e. The van der Waals surface area contributed by atoms with Crippen molar-refractivity contribution in [2.75, 3.05) is 25.5 Å². The second-order valence-corrected chi connectivity index (χ2v) is 2.68. The first-order valence-electron chi connectivity index (χ1n) is 3.56. The van der Waals surface area contributed by atoms with E-state index < -0.39 is 5.97 Å². The molecule has 70 valence electrons. The third kappa shape index (κ3) is 3.71. The maximum absolute atomic E-state index is 11.1. The van der Waals surface area contributed by atoms with Crippen LogP contribution in [0.4, 0.5) is 0 Å². The van der Waals surface area contributed by atoms with Crippen molar-refractivity contribution in [1.82, 2.24) is 4.90 Å². The largest absolute Gasteiger partial charge is 0.468 e. The monoisotopic (exact) mass is 237 g/mol. The molecule has 5 heteroatoms. The van der Waals surface area contributed by atoms with Gasteiger partial charge in [0.15, 0.2) is 0 Å². The average molecular weight is 238 g/mol. The lowest BCUT2D eigenvalue weighted by Crippen LogP contribution is -2.36. The maximum atomic E-state index is 11.1. The SMILES string of the molecule is CCN(CC(=O)OC)C(=O)CBr. The Hall–Kier alpha value is -0.580. The Bertz CT molecular complexity index is 172. The van der Waals surface area contributed by atoms with Crippen molar-refractivity contribution in [3.05, 3.63) is 0 Å². The van der Waals surface area contributed by atoms with E-state index in [0.29, 0.717) is 6.54 Å². The molecule has 0 aromatic carbocycles. The zero-order valence-corrected chi connectivity index (χ0v) is 8.76. The van der Waals surface area contributed by atoms with Gasteiger partial charge in [0, 0.05) is 6.54 Å². The molecule has 0 aliphatic rings. The normalized spacial score (nSPS) is 9.25. The van der Waals surface area contributed by atoms with Crippen molar-refractivity contribution in [1.29, 1.82) is 0 Å². The number of amides is 1. The molecule has 0 rings (SSSR count). The molecule has 12 heavy (non-hydrogen) atoms. The highest BCUT2D eigenvalue weighted by Crippen LogP contribution is 1.93. The van der Waals surface area contributed by atoms with E-state index in [1.54, 1.807) is 0 Å². The van der Waals surface area contributed by atoms with E-state index in [1.165, 1.54) is 12.0 Å². The molecule has 0 saturated carbocycles. The van der Waals surface area contributed by atoms with Gasteiger partial charge in [-0.05, 0) is 6.92 Å². The van der Waals surface area contributed by atoms with Crippen molar-refractivity contribution in [3.8, 4) is 0 Å². The second kappa shape index (κ2) is 5.99. The number of methoxy groups -OCH3 is 1. The van der Waals surface area contributed by atoms with Gasteiger partial charge in [-0.1, -0.05) is 15.9 Å². The molecule has 0 N–H and O–H groups in total. The Labute approximate surface area is 80.0 Å². The summed E-state index contributed by atoms with van der Waals surface area (Å²) in [6.45, 7) is 2.35. The van der Waals surface area contributed by atoms with Crippen LogP contribution in [-0.4, -0.2) is 42.3 Å². The Kier molecular flexibility index (Phi) is 5.70. The number of rotatable bonds is 4. The topological polar surface area (TPSA) is 46.6 Å². The summed E-state index contributed by atoms with van der Waals surface area (Å²) in [5.41, 5.74) is 0. The van der Waals surface area contributed by atoms with Crippen LogP contribution >= 0.6 is 15.9 Å². The number of hydrogen-bond donors (Lipinski definition) is 0. The summed E-state index contributed by atoms with van der Waals surface area (Å²) >= 11 is 3.02. The van der Waals surface area contributed by atoms with Gasteiger partial charge in [-0.2, -0.15) is 0 Å². The molecule has 0 bridgehead atoms. The van der Waals surface area contributed by atoms with Gasteiger partial charge in [0.1, 0.15) is 6.54 Å². The Morgan fingerprint density at radius 1 is 1.50 bits per heavy atom. The molecule has 0 unspecified atom stereocenters. The molecule has 4 nitrogen and oxygen atoms in total. The molecule has 0 atom stereocenters. The van der Waals surface area contributed by atoms with Gasteiger partial charge in [-0.25, -0.2) is 0 Å². The molecule has 0 radical (unpaired) electrons. The summed E-state index contributed by atoms with van der Waals surface area (Å²) in [5.74, 6) is -0.506. The molecule has 0 spiro atoms. The highest BCUT2D eigenvalue weighted by Gasteiger charge is 2.13. The van der Waals surface area contributed by atoms with E-state index in [1.807, 2.05) is 6.92 Å². The first-order valence-corrected chi connectivity index (χ1v) is 4.68. The van der Waals surface area contributed by atoms with E-state index in [4.69, 9.17) is 0 Å². The quantitative estimate of drug-likeness (QED) is 0.526. The molecule has 0 aliphatic carbocycles. The molecular weight excluding hydrogens is 226 g/mol. The molecule has 0 saturated heterocycles. The van der Waals surface area contributed by atoms with E-state index in [2.05, 4.69) is 20.7 Å². The first-order chi connectivity index (χ1) is 5.65. The van der Waals surface area contributed by atoms with E-state index in [9.17, 15) is 9.59 Å². The molecule has 0 aliphatic heterocycles. The molecule has 0 aromatic heterocycles. The molecule has 1 amide bonds. The van der Waals surface area contributed by atoms with Crippen LogP contribution in [0.1, 0.15) is 6.92 Å². The van der Waals surface area contributed by atoms with Crippen LogP contribution in [-0.2, 0) is 14.3 Å². The van der Waals surface area contributed by atoms with E-state index in [0.717, 1.165) is 0 Å². The fraction of sp³-hybridized carbons (Fsp3) is 0.714. The van der Waals surface area contributed by atoms with E-state index in [-0.39, 0.29) is 17.8 Å². The highest BCUT2D eigenvalue weighted by molar-refractivity contribution is 9.09.